The normalized spacial score (nSPS) is 12.1. The summed E-state index contributed by atoms with van der Waals surface area (Å²) in [6.07, 6.45) is 2.52. The largest absolute Gasteiger partial charge is 0.508 e. The molecule has 0 radical (unpaired) electrons. The monoisotopic (exact) mass is 627 g/mol. The van der Waals surface area contributed by atoms with Crippen LogP contribution in [0.5, 0.6) is 11.5 Å². The van der Waals surface area contributed by atoms with Gasteiger partial charge >= 0.3 is 5.97 Å². The minimum absolute atomic E-state index is 0.0412. The minimum atomic E-state index is -1.10. The van der Waals surface area contributed by atoms with Crippen LogP contribution >= 0.6 is 0 Å². The van der Waals surface area contributed by atoms with Crippen LogP contribution in [-0.2, 0) is 36.8 Å². The van der Waals surface area contributed by atoms with Crippen molar-refractivity contribution in [2.75, 3.05) is 5.32 Å². The Kier molecular flexibility index (Phi) is 11.5. The maximum atomic E-state index is 13.5. The SMILES string of the molecule is CCCC(=O)Oc1ccc(NC(=O)CCC(=O)N[C@@H](Cc2ccc(O)cc2)C(=O)N[C@@H](Cc2c[nH]c3ccccc23)C(N)=O)cc1. The number of hydrogen-bond donors (Lipinski definition) is 6. The number of H-pyrrole nitrogens is 1. The number of para-hydroxylation sites is 1. The van der Waals surface area contributed by atoms with Gasteiger partial charge in [-0.2, -0.15) is 0 Å². The fraction of sp³-hybridized carbons (Fsp3) is 0.265. The van der Waals surface area contributed by atoms with Gasteiger partial charge in [0.15, 0.2) is 0 Å². The van der Waals surface area contributed by atoms with E-state index in [0.717, 1.165) is 16.5 Å². The summed E-state index contributed by atoms with van der Waals surface area (Å²) in [6, 6.07) is 17.8. The van der Waals surface area contributed by atoms with Crippen molar-refractivity contribution in [3.05, 3.63) is 90.1 Å². The van der Waals surface area contributed by atoms with Crippen LogP contribution in [-0.4, -0.2) is 51.8 Å². The molecule has 1 heterocycles. The van der Waals surface area contributed by atoms with E-state index in [2.05, 4.69) is 20.9 Å². The van der Waals surface area contributed by atoms with Crippen molar-refractivity contribution in [1.29, 1.82) is 0 Å². The Morgan fingerprint density at radius 2 is 1.52 bits per heavy atom. The molecule has 0 saturated carbocycles. The highest BCUT2D eigenvalue weighted by molar-refractivity contribution is 5.95. The number of primary amides is 1. The zero-order chi connectivity index (χ0) is 33.1. The summed E-state index contributed by atoms with van der Waals surface area (Å²) in [7, 11) is 0. The van der Waals surface area contributed by atoms with Crippen molar-refractivity contribution in [3.8, 4) is 11.5 Å². The van der Waals surface area contributed by atoms with Crippen LogP contribution in [0.15, 0.2) is 79.0 Å². The molecule has 7 N–H and O–H groups in total. The molecule has 0 unspecified atom stereocenters. The van der Waals surface area contributed by atoms with E-state index in [1.807, 2.05) is 31.2 Å². The first-order valence-electron chi connectivity index (χ1n) is 14.9. The number of fused-ring (bicyclic) bond motifs is 1. The molecule has 0 bridgehead atoms. The number of nitrogens with two attached hydrogens (primary N) is 1. The van der Waals surface area contributed by atoms with Crippen molar-refractivity contribution in [2.45, 2.75) is 57.5 Å². The zero-order valence-electron chi connectivity index (χ0n) is 25.4. The van der Waals surface area contributed by atoms with E-state index >= 15 is 0 Å². The number of carbonyl (C=O) groups is 5. The van der Waals surface area contributed by atoms with Crippen molar-refractivity contribution in [2.24, 2.45) is 5.73 Å². The molecular weight excluding hydrogens is 590 g/mol. The Hall–Kier alpha value is -5.65. The van der Waals surface area contributed by atoms with Crippen molar-refractivity contribution >= 4 is 46.2 Å². The summed E-state index contributed by atoms with van der Waals surface area (Å²) in [6.45, 7) is 1.87. The third-order valence-corrected chi connectivity index (χ3v) is 7.19. The highest BCUT2D eigenvalue weighted by Crippen LogP contribution is 2.20. The van der Waals surface area contributed by atoms with Crippen LogP contribution in [0.2, 0.25) is 0 Å². The first kappa shape index (κ1) is 33.2. The lowest BCUT2D eigenvalue weighted by Crippen LogP contribution is -2.54. The number of phenols is 1. The van der Waals surface area contributed by atoms with Crippen molar-refractivity contribution < 1.29 is 33.8 Å². The number of amides is 4. The molecule has 4 aromatic rings. The van der Waals surface area contributed by atoms with Gasteiger partial charge in [0, 0.05) is 54.9 Å². The molecule has 240 valence electrons. The number of aromatic hydroxyl groups is 1. The molecule has 2 atom stereocenters. The molecule has 1 aromatic heterocycles. The molecule has 4 rings (SSSR count). The van der Waals surface area contributed by atoms with Gasteiger partial charge in [0.25, 0.3) is 0 Å². The van der Waals surface area contributed by atoms with Gasteiger partial charge in [0.1, 0.15) is 23.6 Å². The number of aromatic nitrogens is 1. The van der Waals surface area contributed by atoms with Gasteiger partial charge in [0.05, 0.1) is 0 Å². The number of nitrogens with one attached hydrogen (secondary N) is 4. The number of esters is 1. The van der Waals surface area contributed by atoms with Crippen LogP contribution in [0.3, 0.4) is 0 Å². The van der Waals surface area contributed by atoms with Crippen LogP contribution in [0.25, 0.3) is 10.9 Å². The lowest BCUT2D eigenvalue weighted by molar-refractivity contribution is -0.134. The molecule has 0 aliphatic carbocycles. The fourth-order valence-electron chi connectivity index (χ4n) is 4.80. The number of phenolic OH excluding ortho intramolecular Hbond substituents is 1. The fourth-order valence-corrected chi connectivity index (χ4v) is 4.80. The molecule has 46 heavy (non-hydrogen) atoms. The van der Waals surface area contributed by atoms with Gasteiger partial charge in [-0.3, -0.25) is 24.0 Å². The Morgan fingerprint density at radius 3 is 2.22 bits per heavy atom. The highest BCUT2D eigenvalue weighted by Gasteiger charge is 2.27. The van der Waals surface area contributed by atoms with Crippen LogP contribution < -0.4 is 26.4 Å². The van der Waals surface area contributed by atoms with Crippen LogP contribution in [0, 0.1) is 0 Å². The van der Waals surface area contributed by atoms with E-state index in [1.165, 1.54) is 12.1 Å². The Morgan fingerprint density at radius 1 is 0.826 bits per heavy atom. The quantitative estimate of drug-likeness (QED) is 0.0860. The number of hydrogen-bond acceptors (Lipinski definition) is 7. The van der Waals surface area contributed by atoms with Gasteiger partial charge < -0.3 is 36.5 Å². The summed E-state index contributed by atoms with van der Waals surface area (Å²) in [5.74, 6) is -2.31. The average Bonchev–Trinajstić information content (AvgIpc) is 3.44. The third kappa shape index (κ3) is 9.68. The number of anilines is 1. The molecule has 0 spiro atoms. The van der Waals surface area contributed by atoms with E-state index in [1.54, 1.807) is 42.6 Å². The number of carbonyl (C=O) groups excluding carboxylic acids is 5. The standard InChI is InChI=1S/C34H37N5O7/c1-2-5-32(43)46-25-14-10-23(11-15-25)37-30(41)16-17-31(42)38-29(18-21-8-12-24(40)13-9-21)34(45)39-28(33(35)44)19-22-20-36-27-7-4-3-6-26(22)27/h3-4,6-15,20,28-29,36,40H,2,5,16-19H2,1H3,(H2,35,44)(H,37,41)(H,38,42)(H,39,45)/t28-,29-/m0/s1. The van der Waals surface area contributed by atoms with Gasteiger partial charge in [-0.15, -0.1) is 0 Å². The van der Waals surface area contributed by atoms with Crippen molar-refractivity contribution in [3.63, 3.8) is 0 Å². The third-order valence-electron chi connectivity index (χ3n) is 7.19. The highest BCUT2D eigenvalue weighted by atomic mass is 16.5. The van der Waals surface area contributed by atoms with Gasteiger partial charge in [-0.1, -0.05) is 37.3 Å². The summed E-state index contributed by atoms with van der Waals surface area (Å²) in [4.78, 5) is 66.1. The van der Waals surface area contributed by atoms with Gasteiger partial charge in [-0.05, 0) is 60.0 Å². The molecule has 4 amide bonds. The minimum Gasteiger partial charge on any atom is -0.508 e. The van der Waals surface area contributed by atoms with Crippen molar-refractivity contribution in [1.82, 2.24) is 15.6 Å². The first-order chi connectivity index (χ1) is 22.1. The summed E-state index contributed by atoms with van der Waals surface area (Å²) in [5, 5.41) is 18.6. The number of rotatable bonds is 15. The molecule has 3 aromatic carbocycles. The molecule has 12 heteroatoms. The Balaban J connectivity index is 1.37. The topological polar surface area (TPSA) is 193 Å². The maximum Gasteiger partial charge on any atom is 0.311 e. The zero-order valence-corrected chi connectivity index (χ0v) is 25.4. The smallest absolute Gasteiger partial charge is 0.311 e. The first-order valence-corrected chi connectivity index (χ1v) is 14.9. The number of ether oxygens (including phenoxy) is 1. The predicted octanol–water partition coefficient (Wildman–Crippen LogP) is 3.24. The second-order valence-corrected chi connectivity index (χ2v) is 10.8. The lowest BCUT2D eigenvalue weighted by Gasteiger charge is -2.22. The Labute approximate surface area is 265 Å². The van der Waals surface area contributed by atoms with Gasteiger partial charge in [0.2, 0.25) is 23.6 Å². The van der Waals surface area contributed by atoms with E-state index in [9.17, 15) is 29.1 Å². The Bertz CT molecular complexity index is 1680. The predicted molar refractivity (Wildman–Crippen MR) is 172 cm³/mol. The van der Waals surface area contributed by atoms with Crippen LogP contribution in [0.4, 0.5) is 5.69 Å². The molecular formula is C34H37N5O7. The van der Waals surface area contributed by atoms with Gasteiger partial charge in [-0.25, -0.2) is 0 Å². The number of benzene rings is 3. The second kappa shape index (κ2) is 15.9. The van der Waals surface area contributed by atoms with E-state index in [4.69, 9.17) is 10.5 Å². The van der Waals surface area contributed by atoms with E-state index < -0.39 is 35.7 Å². The molecule has 0 aliphatic heterocycles. The summed E-state index contributed by atoms with van der Waals surface area (Å²) >= 11 is 0. The van der Waals surface area contributed by atoms with E-state index in [-0.39, 0.29) is 37.4 Å². The molecule has 0 saturated heterocycles. The second-order valence-electron chi connectivity index (χ2n) is 10.8. The summed E-state index contributed by atoms with van der Waals surface area (Å²) < 4.78 is 5.20. The number of aromatic amines is 1. The maximum absolute atomic E-state index is 13.5. The lowest BCUT2D eigenvalue weighted by atomic mass is 10.0. The molecule has 12 nitrogen and oxygen atoms in total. The van der Waals surface area contributed by atoms with Crippen LogP contribution in [0.1, 0.15) is 43.7 Å². The molecule has 0 fully saturated rings. The average molecular weight is 628 g/mol. The van der Waals surface area contributed by atoms with E-state index in [0.29, 0.717) is 29.8 Å². The summed E-state index contributed by atoms with van der Waals surface area (Å²) in [5.41, 5.74) is 8.42. The molecule has 0 aliphatic rings.